The van der Waals surface area contributed by atoms with Crippen molar-refractivity contribution in [2.75, 3.05) is 18.5 Å². The van der Waals surface area contributed by atoms with Crippen LogP contribution in [0, 0.1) is 23.3 Å². The number of nitrogens with zero attached hydrogens (tertiary/aromatic N) is 1. The Morgan fingerprint density at radius 2 is 2.00 bits per heavy atom. The second-order valence-electron chi connectivity index (χ2n) is 6.40. The highest BCUT2D eigenvalue weighted by atomic mass is 19.2. The minimum absolute atomic E-state index is 0.00927. The molecule has 0 aromatic heterocycles. The molecule has 2 aromatic rings. The fourth-order valence-corrected chi connectivity index (χ4v) is 3.25. The largest absolute Gasteiger partial charge is 0.490 e. The van der Waals surface area contributed by atoms with E-state index in [1.807, 2.05) is 0 Å². The fraction of sp³-hybridized carbons (Fsp3) is 0.222. The molecule has 6 nitrogen and oxygen atoms in total. The van der Waals surface area contributed by atoms with Gasteiger partial charge >= 0.3 is 6.03 Å². The second-order valence-corrected chi connectivity index (χ2v) is 6.40. The number of hydrogen-bond donors (Lipinski definition) is 2. The Morgan fingerprint density at radius 1 is 1.21 bits per heavy atom. The van der Waals surface area contributed by atoms with E-state index in [1.165, 1.54) is 6.07 Å². The molecule has 0 fully saturated rings. The summed E-state index contributed by atoms with van der Waals surface area (Å²) in [6, 6.07) is 2.29. The Bertz CT molecular complexity index is 999. The number of benzene rings is 2. The van der Waals surface area contributed by atoms with Gasteiger partial charge in [0.05, 0.1) is 23.8 Å². The molecule has 0 saturated heterocycles. The van der Waals surface area contributed by atoms with Crippen molar-refractivity contribution in [1.29, 1.82) is 0 Å². The molecule has 146 valence electrons. The molecule has 2 N–H and O–H groups in total. The molecule has 0 unspecified atom stereocenters. The zero-order chi connectivity index (χ0) is 20.0. The van der Waals surface area contributed by atoms with Crippen molar-refractivity contribution in [3.63, 3.8) is 0 Å². The fourth-order valence-electron chi connectivity index (χ4n) is 3.25. The van der Waals surface area contributed by atoms with Crippen molar-refractivity contribution in [2.24, 2.45) is 0 Å². The molecule has 10 heteroatoms. The molecular weight excluding hydrogens is 382 g/mol. The van der Waals surface area contributed by atoms with Gasteiger partial charge in [-0.2, -0.15) is 0 Å². The summed E-state index contributed by atoms with van der Waals surface area (Å²) in [4.78, 5) is 25.4. The van der Waals surface area contributed by atoms with Gasteiger partial charge in [0.2, 0.25) is 5.91 Å². The van der Waals surface area contributed by atoms with Gasteiger partial charge in [-0.3, -0.25) is 4.79 Å². The minimum Gasteiger partial charge on any atom is -0.490 e. The predicted octanol–water partition coefficient (Wildman–Crippen LogP) is 2.84. The number of ether oxygens (including phenoxy) is 1. The van der Waals surface area contributed by atoms with Crippen LogP contribution in [-0.4, -0.2) is 30.0 Å². The number of carbonyl (C=O) groups is 2. The van der Waals surface area contributed by atoms with Gasteiger partial charge in [-0.25, -0.2) is 22.4 Å². The van der Waals surface area contributed by atoms with Gasteiger partial charge in [-0.05, 0) is 12.1 Å². The van der Waals surface area contributed by atoms with Gasteiger partial charge in [-0.15, -0.1) is 0 Å². The van der Waals surface area contributed by atoms with Crippen LogP contribution >= 0.6 is 0 Å². The molecule has 0 spiro atoms. The molecule has 0 saturated carbocycles. The van der Waals surface area contributed by atoms with Crippen molar-refractivity contribution < 1.29 is 31.9 Å². The standard InChI is InChI=1S/C18H13F4N3O3/c19-8-3-11(21)16-13(7-28-14(16)4-8)23-15(26)6-25-5-9-12(24-18(25)27)2-1-10(20)17(9)22/h1-4,13H,5-7H2,(H,23,26)(H,24,27)/t13-/m0/s1. The van der Waals surface area contributed by atoms with E-state index in [1.54, 1.807) is 0 Å². The molecule has 3 amide bonds. The third-order valence-electron chi connectivity index (χ3n) is 4.55. The number of anilines is 1. The zero-order valence-electron chi connectivity index (χ0n) is 14.2. The Labute approximate surface area is 156 Å². The average Bonchev–Trinajstić information content (AvgIpc) is 3.02. The van der Waals surface area contributed by atoms with Crippen LogP contribution in [0.5, 0.6) is 5.75 Å². The summed E-state index contributed by atoms with van der Waals surface area (Å²) in [5.41, 5.74) is 0.0579. The molecule has 2 aliphatic heterocycles. The van der Waals surface area contributed by atoms with Gasteiger partial charge in [0.15, 0.2) is 11.6 Å². The summed E-state index contributed by atoms with van der Waals surface area (Å²) >= 11 is 0. The lowest BCUT2D eigenvalue weighted by atomic mass is 10.1. The first-order chi connectivity index (χ1) is 13.3. The molecular formula is C18H13F4N3O3. The number of rotatable bonds is 3. The van der Waals surface area contributed by atoms with Crippen molar-refractivity contribution in [2.45, 2.75) is 12.6 Å². The van der Waals surface area contributed by atoms with Crippen molar-refractivity contribution in [3.05, 3.63) is 58.7 Å². The summed E-state index contributed by atoms with van der Waals surface area (Å²) in [5.74, 6) is -4.52. The summed E-state index contributed by atoms with van der Waals surface area (Å²) < 4.78 is 59.8. The van der Waals surface area contributed by atoms with Crippen LogP contribution in [0.1, 0.15) is 17.2 Å². The normalized spacial score (nSPS) is 17.5. The Balaban J connectivity index is 1.47. The molecule has 0 bridgehead atoms. The maximum atomic E-state index is 14.0. The predicted molar refractivity (Wildman–Crippen MR) is 88.5 cm³/mol. The van der Waals surface area contributed by atoms with E-state index in [4.69, 9.17) is 4.74 Å². The SMILES string of the molecule is O=C(CN1Cc2c(ccc(F)c2F)NC1=O)N[C@H]1COc2cc(F)cc(F)c21. The molecule has 4 rings (SSSR count). The third-order valence-corrected chi connectivity index (χ3v) is 4.55. The minimum atomic E-state index is -1.11. The smallest absolute Gasteiger partial charge is 0.322 e. The summed E-state index contributed by atoms with van der Waals surface area (Å²) in [6.45, 7) is -0.887. The van der Waals surface area contributed by atoms with Gasteiger partial charge < -0.3 is 20.3 Å². The highest BCUT2D eigenvalue weighted by molar-refractivity contribution is 5.95. The number of urea groups is 1. The summed E-state index contributed by atoms with van der Waals surface area (Å²) in [5, 5.41) is 4.88. The van der Waals surface area contributed by atoms with Crippen molar-refractivity contribution in [1.82, 2.24) is 10.2 Å². The van der Waals surface area contributed by atoms with E-state index in [0.717, 1.165) is 17.0 Å². The first-order valence-corrected chi connectivity index (χ1v) is 8.27. The number of hydrogen-bond acceptors (Lipinski definition) is 3. The number of fused-ring (bicyclic) bond motifs is 2. The van der Waals surface area contributed by atoms with Crippen LogP contribution in [-0.2, 0) is 11.3 Å². The maximum absolute atomic E-state index is 14.0. The molecule has 28 heavy (non-hydrogen) atoms. The van der Waals surface area contributed by atoms with E-state index < -0.39 is 47.8 Å². The van der Waals surface area contributed by atoms with Gasteiger partial charge in [0, 0.05) is 17.7 Å². The van der Waals surface area contributed by atoms with Crippen LogP contribution in [0.4, 0.5) is 28.0 Å². The number of carbonyl (C=O) groups excluding carboxylic acids is 2. The molecule has 2 aromatic carbocycles. The highest BCUT2D eigenvalue weighted by Gasteiger charge is 2.32. The first-order valence-electron chi connectivity index (χ1n) is 8.27. The lowest BCUT2D eigenvalue weighted by molar-refractivity contribution is -0.122. The first kappa shape index (κ1) is 18.1. The van der Waals surface area contributed by atoms with E-state index in [2.05, 4.69) is 10.6 Å². The van der Waals surface area contributed by atoms with E-state index in [9.17, 15) is 27.2 Å². The molecule has 1 atom stereocenters. The van der Waals surface area contributed by atoms with Crippen molar-refractivity contribution >= 4 is 17.6 Å². The van der Waals surface area contributed by atoms with Crippen LogP contribution in [0.25, 0.3) is 0 Å². The number of nitrogens with one attached hydrogen (secondary N) is 2. The quantitative estimate of drug-likeness (QED) is 0.786. The van der Waals surface area contributed by atoms with E-state index in [0.29, 0.717) is 6.07 Å². The third kappa shape index (κ3) is 3.10. The summed E-state index contributed by atoms with van der Waals surface area (Å²) in [6.07, 6.45) is 0. The monoisotopic (exact) mass is 395 g/mol. The van der Waals surface area contributed by atoms with Gasteiger partial charge in [0.25, 0.3) is 0 Å². The number of halogens is 4. The average molecular weight is 395 g/mol. The van der Waals surface area contributed by atoms with Gasteiger partial charge in [0.1, 0.15) is 30.5 Å². The van der Waals surface area contributed by atoms with E-state index in [-0.39, 0.29) is 35.7 Å². The lowest BCUT2D eigenvalue weighted by Gasteiger charge is -2.29. The maximum Gasteiger partial charge on any atom is 0.322 e. The molecule has 2 aliphatic rings. The zero-order valence-corrected chi connectivity index (χ0v) is 14.2. The molecule has 0 aliphatic carbocycles. The Kier molecular flexibility index (Phi) is 4.33. The Morgan fingerprint density at radius 3 is 2.79 bits per heavy atom. The van der Waals surface area contributed by atoms with Crippen LogP contribution in [0.3, 0.4) is 0 Å². The van der Waals surface area contributed by atoms with Crippen LogP contribution in [0.2, 0.25) is 0 Å². The summed E-state index contributed by atoms with van der Waals surface area (Å²) in [7, 11) is 0. The van der Waals surface area contributed by atoms with Crippen LogP contribution < -0.4 is 15.4 Å². The van der Waals surface area contributed by atoms with E-state index >= 15 is 0 Å². The Hall–Kier alpha value is -3.30. The second kappa shape index (κ2) is 6.70. The van der Waals surface area contributed by atoms with Crippen LogP contribution in [0.15, 0.2) is 24.3 Å². The van der Waals surface area contributed by atoms with Crippen molar-refractivity contribution in [3.8, 4) is 5.75 Å². The molecule has 0 radical (unpaired) electrons. The van der Waals surface area contributed by atoms with Gasteiger partial charge in [-0.1, -0.05) is 0 Å². The lowest BCUT2D eigenvalue weighted by Crippen LogP contribution is -2.45. The number of amides is 3. The molecule has 2 heterocycles. The highest BCUT2D eigenvalue weighted by Crippen LogP contribution is 2.35. The topological polar surface area (TPSA) is 70.7 Å².